The molecule has 1 N–H and O–H groups in total. The highest BCUT2D eigenvalue weighted by molar-refractivity contribution is 5.62. The molecule has 0 saturated carbocycles. The lowest BCUT2D eigenvalue weighted by atomic mass is 10.1. The van der Waals surface area contributed by atoms with Gasteiger partial charge in [-0.25, -0.2) is 0 Å². The van der Waals surface area contributed by atoms with Crippen LogP contribution in [0, 0.1) is 21.4 Å². The minimum atomic E-state index is -0.499. The summed E-state index contributed by atoms with van der Waals surface area (Å²) in [4.78, 5) is 22.4. The highest BCUT2D eigenvalue weighted by Gasteiger charge is 2.12. The highest BCUT2D eigenvalue weighted by Crippen LogP contribution is 2.22. The van der Waals surface area contributed by atoms with Crippen LogP contribution in [-0.4, -0.2) is 21.2 Å². The number of hydrogen-bond donors (Lipinski definition) is 1. The molecule has 22 heavy (non-hydrogen) atoms. The van der Waals surface area contributed by atoms with Crippen LogP contribution in [0.1, 0.15) is 12.0 Å². The van der Waals surface area contributed by atoms with Gasteiger partial charge in [-0.3, -0.25) is 14.9 Å². The Morgan fingerprint density at radius 2 is 1.91 bits per heavy atom. The molecule has 1 aromatic heterocycles. The Morgan fingerprint density at radius 3 is 2.45 bits per heavy atom. The number of aromatic nitrogens is 1. The fourth-order valence-corrected chi connectivity index (χ4v) is 2.12. The van der Waals surface area contributed by atoms with Crippen LogP contribution >= 0.6 is 0 Å². The number of nitrogens with zero attached hydrogens (tertiary/aromatic N) is 3. The molecular formula is C15H13N3O4. The summed E-state index contributed by atoms with van der Waals surface area (Å²) in [7, 11) is 0. The number of aliphatic hydroxyl groups excluding tert-OH is 1. The van der Waals surface area contributed by atoms with Crippen molar-refractivity contribution in [3.05, 3.63) is 62.4 Å². The van der Waals surface area contributed by atoms with Gasteiger partial charge in [0.15, 0.2) is 0 Å². The summed E-state index contributed by atoms with van der Waals surface area (Å²) in [6.45, 7) is 0.181. The molecule has 2 rings (SSSR count). The maximum absolute atomic E-state index is 12.2. The molecule has 1 aromatic carbocycles. The van der Waals surface area contributed by atoms with Crippen LogP contribution in [0.15, 0.2) is 41.2 Å². The Labute approximate surface area is 125 Å². The van der Waals surface area contributed by atoms with Crippen molar-refractivity contribution in [1.29, 1.82) is 5.26 Å². The van der Waals surface area contributed by atoms with E-state index in [1.54, 1.807) is 18.2 Å². The highest BCUT2D eigenvalue weighted by atomic mass is 16.6. The topological polar surface area (TPSA) is 109 Å². The van der Waals surface area contributed by atoms with Gasteiger partial charge in [0.25, 0.3) is 11.2 Å². The molecule has 0 bridgehead atoms. The van der Waals surface area contributed by atoms with Gasteiger partial charge in [-0.2, -0.15) is 5.26 Å². The number of rotatable bonds is 5. The van der Waals surface area contributed by atoms with E-state index in [1.807, 2.05) is 6.07 Å². The van der Waals surface area contributed by atoms with E-state index in [1.165, 1.54) is 22.8 Å². The van der Waals surface area contributed by atoms with Crippen LogP contribution in [0.2, 0.25) is 0 Å². The second-order valence-electron chi connectivity index (χ2n) is 4.58. The molecule has 1 heterocycles. The largest absolute Gasteiger partial charge is 0.396 e. The standard InChI is InChI=1S/C15H13N3O4/c16-10-12-4-7-14(17(15(12)20)8-1-9-19)11-2-5-13(6-3-11)18(21)22/h2-7,19H,1,8-9H2. The van der Waals surface area contributed by atoms with Crippen LogP contribution in [0.25, 0.3) is 11.3 Å². The second kappa shape index (κ2) is 6.65. The molecule has 7 heteroatoms. The summed E-state index contributed by atoms with van der Waals surface area (Å²) in [5, 5.41) is 28.6. The lowest BCUT2D eigenvalue weighted by Crippen LogP contribution is -2.24. The first kappa shape index (κ1) is 15.4. The Morgan fingerprint density at radius 1 is 1.23 bits per heavy atom. The zero-order chi connectivity index (χ0) is 16.1. The quantitative estimate of drug-likeness (QED) is 0.667. The SMILES string of the molecule is N#Cc1ccc(-c2ccc([N+](=O)[O-])cc2)n(CCCO)c1=O. The summed E-state index contributed by atoms with van der Waals surface area (Å²) in [6.07, 6.45) is 0.370. The average molecular weight is 299 g/mol. The fourth-order valence-electron chi connectivity index (χ4n) is 2.12. The van der Waals surface area contributed by atoms with Crippen molar-refractivity contribution in [2.24, 2.45) is 0 Å². The fraction of sp³-hybridized carbons (Fsp3) is 0.200. The summed E-state index contributed by atoms with van der Waals surface area (Å²) in [5.41, 5.74) is 0.717. The molecular weight excluding hydrogens is 286 g/mol. The van der Waals surface area contributed by atoms with Gasteiger partial charge in [0, 0.05) is 25.3 Å². The number of aliphatic hydroxyl groups is 1. The molecule has 2 aromatic rings. The van der Waals surface area contributed by atoms with Gasteiger partial charge in [0.05, 0.1) is 10.6 Å². The second-order valence-corrected chi connectivity index (χ2v) is 4.58. The lowest BCUT2D eigenvalue weighted by Gasteiger charge is -2.12. The van der Waals surface area contributed by atoms with Crippen molar-refractivity contribution in [2.45, 2.75) is 13.0 Å². The normalized spacial score (nSPS) is 10.2. The molecule has 112 valence electrons. The van der Waals surface area contributed by atoms with Crippen LogP contribution in [0.3, 0.4) is 0 Å². The van der Waals surface area contributed by atoms with Gasteiger partial charge in [-0.1, -0.05) is 0 Å². The summed E-state index contributed by atoms with van der Waals surface area (Å²) < 4.78 is 1.40. The van der Waals surface area contributed by atoms with Crippen molar-refractivity contribution in [2.75, 3.05) is 6.61 Å². The number of nitriles is 1. The first-order valence-electron chi connectivity index (χ1n) is 6.58. The van der Waals surface area contributed by atoms with Crippen molar-refractivity contribution in [3.63, 3.8) is 0 Å². The van der Waals surface area contributed by atoms with Crippen molar-refractivity contribution < 1.29 is 10.0 Å². The number of pyridine rings is 1. The third kappa shape index (κ3) is 3.02. The number of nitro benzene ring substituents is 1. The Balaban J connectivity index is 2.54. The van der Waals surface area contributed by atoms with Gasteiger partial charge in [0.2, 0.25) is 0 Å². The van der Waals surface area contributed by atoms with E-state index in [9.17, 15) is 14.9 Å². The van der Waals surface area contributed by atoms with Gasteiger partial charge in [0.1, 0.15) is 11.6 Å². The Hall–Kier alpha value is -2.98. The van der Waals surface area contributed by atoms with E-state index in [4.69, 9.17) is 10.4 Å². The van der Waals surface area contributed by atoms with E-state index >= 15 is 0 Å². The molecule has 0 radical (unpaired) electrons. The van der Waals surface area contributed by atoms with Crippen LogP contribution < -0.4 is 5.56 Å². The van der Waals surface area contributed by atoms with E-state index in [-0.39, 0.29) is 24.4 Å². The summed E-state index contributed by atoms with van der Waals surface area (Å²) in [6, 6.07) is 10.7. The lowest BCUT2D eigenvalue weighted by molar-refractivity contribution is -0.384. The van der Waals surface area contributed by atoms with Gasteiger partial charge < -0.3 is 9.67 Å². The molecule has 0 amide bonds. The zero-order valence-corrected chi connectivity index (χ0v) is 11.6. The monoisotopic (exact) mass is 299 g/mol. The molecule has 0 fully saturated rings. The molecule has 0 aliphatic heterocycles. The van der Waals surface area contributed by atoms with Gasteiger partial charge >= 0.3 is 0 Å². The molecule has 0 spiro atoms. The minimum absolute atomic E-state index is 0.0172. The number of non-ortho nitro benzene ring substituents is 1. The molecule has 0 aliphatic rings. The van der Waals surface area contributed by atoms with Crippen LogP contribution in [-0.2, 0) is 6.54 Å². The third-order valence-corrected chi connectivity index (χ3v) is 3.21. The average Bonchev–Trinajstić information content (AvgIpc) is 2.53. The molecule has 0 atom stereocenters. The minimum Gasteiger partial charge on any atom is -0.396 e. The third-order valence-electron chi connectivity index (χ3n) is 3.21. The Kier molecular flexibility index (Phi) is 4.66. The predicted octanol–water partition coefficient (Wildman–Crippen LogP) is 1.68. The smallest absolute Gasteiger partial charge is 0.269 e. The van der Waals surface area contributed by atoms with Gasteiger partial charge in [-0.05, 0) is 36.2 Å². The number of nitro groups is 1. The number of benzene rings is 1. The maximum atomic E-state index is 12.2. The molecule has 0 saturated heterocycles. The van der Waals surface area contributed by atoms with Gasteiger partial charge in [-0.15, -0.1) is 0 Å². The number of hydrogen-bond acceptors (Lipinski definition) is 5. The molecule has 7 nitrogen and oxygen atoms in total. The van der Waals surface area contributed by atoms with Crippen LogP contribution in [0.5, 0.6) is 0 Å². The van der Waals surface area contributed by atoms with Crippen LogP contribution in [0.4, 0.5) is 5.69 Å². The first-order valence-corrected chi connectivity index (χ1v) is 6.58. The predicted molar refractivity (Wildman–Crippen MR) is 79.2 cm³/mol. The molecule has 0 unspecified atom stereocenters. The zero-order valence-electron chi connectivity index (χ0n) is 11.6. The Bertz CT molecular complexity index is 788. The van der Waals surface area contributed by atoms with E-state index < -0.39 is 10.5 Å². The van der Waals surface area contributed by atoms with E-state index in [0.29, 0.717) is 17.7 Å². The van der Waals surface area contributed by atoms with Crippen molar-refractivity contribution in [3.8, 4) is 17.3 Å². The van der Waals surface area contributed by atoms with Crippen molar-refractivity contribution in [1.82, 2.24) is 4.57 Å². The van der Waals surface area contributed by atoms with E-state index in [2.05, 4.69) is 0 Å². The maximum Gasteiger partial charge on any atom is 0.269 e. The first-order chi connectivity index (χ1) is 10.6. The van der Waals surface area contributed by atoms with E-state index in [0.717, 1.165) is 0 Å². The summed E-state index contributed by atoms with van der Waals surface area (Å²) >= 11 is 0. The summed E-state index contributed by atoms with van der Waals surface area (Å²) in [5.74, 6) is 0. The molecule has 0 aliphatic carbocycles. The van der Waals surface area contributed by atoms with Crippen molar-refractivity contribution >= 4 is 5.69 Å².